The third-order valence-electron chi connectivity index (χ3n) is 0. The fourth-order valence-corrected chi connectivity index (χ4v) is 0. The third kappa shape index (κ3) is 333. The van der Waals surface area contributed by atoms with Gasteiger partial charge >= 0.3 is 91.0 Å². The van der Waals surface area contributed by atoms with E-state index in [1.807, 2.05) is 0 Å². The van der Waals surface area contributed by atoms with Gasteiger partial charge in [0.05, 0.1) is 0 Å². The number of hydrogen-bond donors (Lipinski definition) is 2. The molecule has 7 heteroatoms. The van der Waals surface area contributed by atoms with Crippen molar-refractivity contribution in [1.29, 1.82) is 0 Å². The summed E-state index contributed by atoms with van der Waals surface area (Å²) in [5.74, 6) is -1.67. The van der Waals surface area contributed by atoms with E-state index >= 15 is 0 Å². The molecular formula is C4H14O5Sr2. The van der Waals surface area contributed by atoms with Crippen LogP contribution in [0.5, 0.6) is 0 Å². The molecule has 0 saturated carbocycles. The fraction of sp³-hybridized carbons (Fsp3) is 0.500. The molecule has 64 valence electrons. The first-order chi connectivity index (χ1) is 3.46. The van der Waals surface area contributed by atoms with E-state index in [1.54, 1.807) is 0 Å². The quantitative estimate of drug-likeness (QED) is 0.483. The van der Waals surface area contributed by atoms with Crippen LogP contribution in [-0.2, 0) is 9.59 Å². The number of carboxylic acids is 2. The number of carbonyl (C=O) groups is 2. The molecule has 0 aliphatic carbocycles. The van der Waals surface area contributed by atoms with Gasteiger partial charge in [0.2, 0.25) is 0 Å². The van der Waals surface area contributed by atoms with Gasteiger partial charge in [0, 0.05) is 13.8 Å². The normalized spacial score (nSPS) is 4.55. The van der Waals surface area contributed by atoms with E-state index in [0.717, 1.165) is 13.8 Å². The van der Waals surface area contributed by atoms with Crippen LogP contribution in [0, 0.1) is 0 Å². The van der Waals surface area contributed by atoms with Gasteiger partial charge in [-0.15, -0.1) is 0 Å². The Bertz CT molecular complexity index is 74.5. The van der Waals surface area contributed by atoms with Crippen molar-refractivity contribution in [2.45, 2.75) is 13.8 Å². The van der Waals surface area contributed by atoms with Crippen molar-refractivity contribution in [2.24, 2.45) is 0 Å². The van der Waals surface area contributed by atoms with Gasteiger partial charge < -0.3 is 15.7 Å². The fourth-order valence-electron chi connectivity index (χ4n) is 0. The van der Waals surface area contributed by atoms with E-state index < -0.39 is 11.9 Å². The van der Waals surface area contributed by atoms with E-state index in [9.17, 15) is 0 Å². The molecule has 0 radical (unpaired) electrons. The Hall–Kier alpha value is 1.86. The van der Waals surface area contributed by atoms with Crippen LogP contribution in [0.4, 0.5) is 0 Å². The summed E-state index contributed by atoms with van der Waals surface area (Å²) in [4.78, 5) is 18.0. The van der Waals surface area contributed by atoms with Crippen molar-refractivity contribution in [3.63, 3.8) is 0 Å². The van der Waals surface area contributed by atoms with Gasteiger partial charge in [0.1, 0.15) is 0 Å². The summed E-state index contributed by atoms with van der Waals surface area (Å²) in [7, 11) is 0. The molecule has 0 aromatic carbocycles. The number of aliphatic carboxylic acids is 2. The van der Waals surface area contributed by atoms with Gasteiger partial charge in [-0.25, -0.2) is 0 Å². The number of carboxylic acid groups (broad SMARTS) is 2. The van der Waals surface area contributed by atoms with Crippen LogP contribution in [0.3, 0.4) is 0 Å². The molecular weight excluding hydrogens is 303 g/mol. The molecule has 0 fully saturated rings. The topological polar surface area (TPSA) is 106 Å². The van der Waals surface area contributed by atoms with Crippen LogP contribution in [0.1, 0.15) is 13.8 Å². The third-order valence-corrected chi connectivity index (χ3v) is 0. The summed E-state index contributed by atoms with van der Waals surface area (Å²) in [6.07, 6.45) is 0. The van der Waals surface area contributed by atoms with Crippen molar-refractivity contribution >= 4 is 103 Å². The Balaban J connectivity index is -0.0000000171. The van der Waals surface area contributed by atoms with Crippen molar-refractivity contribution in [1.82, 2.24) is 0 Å². The Morgan fingerprint density at radius 1 is 0.909 bits per heavy atom. The van der Waals surface area contributed by atoms with E-state index in [0.29, 0.717) is 0 Å². The second-order valence-corrected chi connectivity index (χ2v) is 1.04. The first kappa shape index (κ1) is 29.3. The second-order valence-electron chi connectivity index (χ2n) is 1.04. The van der Waals surface area contributed by atoms with E-state index in [2.05, 4.69) is 0 Å². The minimum atomic E-state index is -0.833. The van der Waals surface area contributed by atoms with Crippen LogP contribution in [0.15, 0.2) is 0 Å². The van der Waals surface area contributed by atoms with Crippen LogP contribution < -0.4 is 0 Å². The SMILES string of the molecule is CC(=O)O.CC(=O)O.O.[SrH2].[SrH2]. The van der Waals surface area contributed by atoms with E-state index in [1.165, 1.54) is 0 Å². The molecule has 0 aromatic heterocycles. The summed E-state index contributed by atoms with van der Waals surface area (Å²) in [5, 5.41) is 14.8. The number of hydrogen-bond acceptors (Lipinski definition) is 2. The average molecular weight is 317 g/mol. The van der Waals surface area contributed by atoms with Crippen molar-refractivity contribution < 1.29 is 25.3 Å². The summed E-state index contributed by atoms with van der Waals surface area (Å²) in [6.45, 7) is 2.17. The molecule has 0 aliphatic heterocycles. The van der Waals surface area contributed by atoms with Crippen molar-refractivity contribution in [3.8, 4) is 0 Å². The summed E-state index contributed by atoms with van der Waals surface area (Å²) in [5.41, 5.74) is 0. The van der Waals surface area contributed by atoms with Crippen LogP contribution in [0.2, 0.25) is 0 Å². The van der Waals surface area contributed by atoms with Crippen LogP contribution in [-0.4, -0.2) is 119 Å². The van der Waals surface area contributed by atoms with Crippen molar-refractivity contribution in [2.75, 3.05) is 0 Å². The Kier molecular flexibility index (Phi) is 60.3. The predicted octanol–water partition coefficient (Wildman–Crippen LogP) is -2.48. The molecule has 0 aromatic rings. The molecule has 0 aliphatic rings. The minimum absolute atomic E-state index is 0. The first-order valence-electron chi connectivity index (χ1n) is 1.86. The Morgan fingerprint density at radius 2 is 0.909 bits per heavy atom. The zero-order chi connectivity index (χ0) is 7.15. The van der Waals surface area contributed by atoms with Gasteiger partial charge in [-0.05, 0) is 0 Å². The maximum absolute atomic E-state index is 9.00. The molecule has 0 heterocycles. The van der Waals surface area contributed by atoms with Crippen molar-refractivity contribution in [3.05, 3.63) is 0 Å². The molecule has 0 atom stereocenters. The second kappa shape index (κ2) is 22.6. The van der Waals surface area contributed by atoms with Gasteiger partial charge in [0.25, 0.3) is 11.9 Å². The first-order valence-corrected chi connectivity index (χ1v) is 1.86. The maximum atomic E-state index is 9.00. The molecule has 0 unspecified atom stereocenters. The van der Waals surface area contributed by atoms with Gasteiger partial charge in [-0.3, -0.25) is 9.59 Å². The van der Waals surface area contributed by atoms with E-state index in [-0.39, 0.29) is 96.4 Å². The molecule has 0 bridgehead atoms. The van der Waals surface area contributed by atoms with E-state index in [4.69, 9.17) is 19.8 Å². The molecule has 0 rings (SSSR count). The molecule has 5 nitrogen and oxygen atoms in total. The Labute approximate surface area is 139 Å². The molecule has 0 amide bonds. The molecule has 4 N–H and O–H groups in total. The Morgan fingerprint density at radius 3 is 0.909 bits per heavy atom. The summed E-state index contributed by atoms with van der Waals surface area (Å²) < 4.78 is 0. The number of rotatable bonds is 0. The molecule has 0 spiro atoms. The van der Waals surface area contributed by atoms with Gasteiger partial charge in [-0.1, -0.05) is 0 Å². The average Bonchev–Trinajstić information content (AvgIpc) is 1.25. The zero-order valence-electron chi connectivity index (χ0n) is 5.21. The van der Waals surface area contributed by atoms with Gasteiger partial charge in [0.15, 0.2) is 0 Å². The molecule has 11 heavy (non-hydrogen) atoms. The standard InChI is InChI=1S/2C2H4O2.H2O.2Sr.4H/c2*1-2(3)4;;;;;;;/h2*1H3,(H,3,4);1H2;;;;;;. The summed E-state index contributed by atoms with van der Waals surface area (Å²) in [6, 6.07) is 0. The van der Waals surface area contributed by atoms with Crippen LogP contribution in [0.25, 0.3) is 0 Å². The summed E-state index contributed by atoms with van der Waals surface area (Å²) >= 11 is 0. The monoisotopic (exact) mass is 318 g/mol. The predicted molar refractivity (Wildman–Crippen MR) is 47.3 cm³/mol. The van der Waals surface area contributed by atoms with Gasteiger partial charge in [-0.2, -0.15) is 0 Å². The van der Waals surface area contributed by atoms with Crippen LogP contribution >= 0.6 is 0 Å². The molecule has 0 saturated heterocycles. The zero-order valence-corrected chi connectivity index (χ0v) is 5.21.